The summed E-state index contributed by atoms with van der Waals surface area (Å²) in [7, 11) is 0. The molecule has 0 saturated heterocycles. The molecule has 1 saturated carbocycles. The first-order valence-corrected chi connectivity index (χ1v) is 7.38. The number of fused-ring (bicyclic) bond motifs is 3. The van der Waals surface area contributed by atoms with Gasteiger partial charge in [0.2, 0.25) is 0 Å². The molecule has 0 bridgehead atoms. The van der Waals surface area contributed by atoms with Gasteiger partial charge in [-0.25, -0.2) is 0 Å². The summed E-state index contributed by atoms with van der Waals surface area (Å²) in [6, 6.07) is 7.18. The Labute approximate surface area is 118 Å². The van der Waals surface area contributed by atoms with Crippen LogP contribution in [0.2, 0.25) is 0 Å². The van der Waals surface area contributed by atoms with Crippen molar-refractivity contribution < 1.29 is 9.59 Å². The van der Waals surface area contributed by atoms with Crippen LogP contribution in [-0.4, -0.2) is 11.6 Å². The molecule has 4 rings (SSSR count). The lowest BCUT2D eigenvalue weighted by atomic mass is 9.69. The molecule has 0 aromatic heterocycles. The van der Waals surface area contributed by atoms with Gasteiger partial charge in [0.15, 0.2) is 11.6 Å². The van der Waals surface area contributed by atoms with Gasteiger partial charge in [-0.1, -0.05) is 49.3 Å². The molecule has 3 aliphatic rings. The second-order valence-corrected chi connectivity index (χ2v) is 5.98. The Balaban J connectivity index is 1.88. The monoisotopic (exact) mass is 264 g/mol. The highest BCUT2D eigenvalue weighted by atomic mass is 16.1. The Morgan fingerprint density at radius 3 is 1.65 bits per heavy atom. The van der Waals surface area contributed by atoms with Gasteiger partial charge in [-0.05, 0) is 24.7 Å². The molecule has 20 heavy (non-hydrogen) atoms. The minimum atomic E-state index is 0.0236. The van der Waals surface area contributed by atoms with Gasteiger partial charge in [-0.15, -0.1) is 0 Å². The van der Waals surface area contributed by atoms with Crippen LogP contribution in [0.4, 0.5) is 0 Å². The highest BCUT2D eigenvalue weighted by Crippen LogP contribution is 2.41. The predicted molar refractivity (Wildman–Crippen MR) is 76.7 cm³/mol. The molecule has 1 aromatic rings. The number of benzene rings is 1. The van der Waals surface area contributed by atoms with Crippen molar-refractivity contribution in [3.8, 4) is 0 Å². The SMILES string of the molecule is O=C1C2=C[C@@H]3CCCC[C@@H]3C=C2C(=O)c2ccccc21. The van der Waals surface area contributed by atoms with E-state index in [0.29, 0.717) is 34.1 Å². The summed E-state index contributed by atoms with van der Waals surface area (Å²) >= 11 is 0. The van der Waals surface area contributed by atoms with Crippen molar-refractivity contribution in [3.63, 3.8) is 0 Å². The summed E-state index contributed by atoms with van der Waals surface area (Å²) in [5.74, 6) is 0.944. The molecule has 2 heteroatoms. The zero-order chi connectivity index (χ0) is 13.7. The average molecular weight is 264 g/mol. The van der Waals surface area contributed by atoms with E-state index in [-0.39, 0.29) is 11.6 Å². The van der Waals surface area contributed by atoms with Crippen molar-refractivity contribution in [3.05, 3.63) is 58.7 Å². The molecule has 3 aliphatic carbocycles. The van der Waals surface area contributed by atoms with Gasteiger partial charge in [0.05, 0.1) is 0 Å². The molecule has 0 N–H and O–H groups in total. The number of Topliss-reactive ketones (excluding diaryl/α,β-unsaturated/α-hetero) is 2. The molecule has 0 spiro atoms. The second-order valence-electron chi connectivity index (χ2n) is 5.98. The van der Waals surface area contributed by atoms with E-state index in [1.165, 1.54) is 12.8 Å². The van der Waals surface area contributed by atoms with Crippen molar-refractivity contribution in [1.82, 2.24) is 0 Å². The van der Waals surface area contributed by atoms with Gasteiger partial charge < -0.3 is 0 Å². The molecular formula is C18H16O2. The third-order valence-electron chi connectivity index (χ3n) is 4.83. The summed E-state index contributed by atoms with van der Waals surface area (Å²) in [4.78, 5) is 25.2. The maximum atomic E-state index is 12.6. The topological polar surface area (TPSA) is 34.1 Å². The number of carbonyl (C=O) groups is 2. The summed E-state index contributed by atoms with van der Waals surface area (Å²) in [5, 5.41) is 0. The first kappa shape index (κ1) is 11.8. The van der Waals surface area contributed by atoms with Crippen LogP contribution in [0.3, 0.4) is 0 Å². The molecule has 0 unspecified atom stereocenters. The van der Waals surface area contributed by atoms with Crippen LogP contribution >= 0.6 is 0 Å². The van der Waals surface area contributed by atoms with Crippen molar-refractivity contribution in [1.29, 1.82) is 0 Å². The van der Waals surface area contributed by atoms with Gasteiger partial charge >= 0.3 is 0 Å². The Kier molecular flexibility index (Phi) is 2.53. The Morgan fingerprint density at radius 1 is 0.750 bits per heavy atom. The molecular weight excluding hydrogens is 248 g/mol. The smallest absolute Gasteiger partial charge is 0.194 e. The fourth-order valence-electron chi connectivity index (χ4n) is 3.78. The van der Waals surface area contributed by atoms with Crippen LogP contribution in [0.5, 0.6) is 0 Å². The van der Waals surface area contributed by atoms with Gasteiger partial charge in [0.1, 0.15) is 0 Å². The number of ketones is 2. The van der Waals surface area contributed by atoms with Crippen molar-refractivity contribution in [2.75, 3.05) is 0 Å². The molecule has 1 fully saturated rings. The van der Waals surface area contributed by atoms with Crippen LogP contribution in [0.1, 0.15) is 46.4 Å². The number of hydrogen-bond donors (Lipinski definition) is 0. The van der Waals surface area contributed by atoms with Gasteiger partial charge in [0, 0.05) is 22.3 Å². The Bertz CT molecular complexity index is 619. The van der Waals surface area contributed by atoms with E-state index in [1.807, 2.05) is 12.1 Å². The maximum absolute atomic E-state index is 12.6. The predicted octanol–water partition coefficient (Wildman–Crippen LogP) is 3.74. The quantitative estimate of drug-likeness (QED) is 0.715. The number of allylic oxidation sites excluding steroid dienone is 4. The molecule has 1 aromatic carbocycles. The van der Waals surface area contributed by atoms with Gasteiger partial charge in [-0.2, -0.15) is 0 Å². The lowest BCUT2D eigenvalue weighted by Crippen LogP contribution is -2.29. The van der Waals surface area contributed by atoms with Gasteiger partial charge in [-0.3, -0.25) is 9.59 Å². The number of rotatable bonds is 0. The normalized spacial score (nSPS) is 28.0. The summed E-state index contributed by atoms with van der Waals surface area (Å²) in [6.45, 7) is 0. The first-order chi connectivity index (χ1) is 9.75. The second kappa shape index (κ2) is 4.27. The summed E-state index contributed by atoms with van der Waals surface area (Å²) < 4.78 is 0. The highest BCUT2D eigenvalue weighted by molar-refractivity contribution is 6.31. The molecule has 2 atom stereocenters. The lowest BCUT2D eigenvalue weighted by Gasteiger charge is -2.33. The van der Waals surface area contributed by atoms with E-state index in [1.54, 1.807) is 12.1 Å². The molecule has 0 amide bonds. The maximum Gasteiger partial charge on any atom is 0.194 e. The Morgan fingerprint density at radius 2 is 1.20 bits per heavy atom. The van der Waals surface area contributed by atoms with Crippen LogP contribution in [0, 0.1) is 11.8 Å². The van der Waals surface area contributed by atoms with Crippen LogP contribution in [0.15, 0.2) is 47.6 Å². The van der Waals surface area contributed by atoms with Crippen LogP contribution < -0.4 is 0 Å². The van der Waals surface area contributed by atoms with Crippen molar-refractivity contribution in [2.45, 2.75) is 25.7 Å². The third-order valence-corrected chi connectivity index (χ3v) is 4.83. The average Bonchev–Trinajstić information content (AvgIpc) is 2.51. The van der Waals surface area contributed by atoms with Crippen molar-refractivity contribution in [2.24, 2.45) is 11.8 Å². The number of hydrogen-bond acceptors (Lipinski definition) is 2. The fraction of sp³-hybridized carbons (Fsp3) is 0.333. The van der Waals surface area contributed by atoms with Crippen LogP contribution in [-0.2, 0) is 0 Å². The summed E-state index contributed by atoms with van der Waals surface area (Å²) in [5.41, 5.74) is 2.43. The molecule has 0 radical (unpaired) electrons. The molecule has 2 nitrogen and oxygen atoms in total. The van der Waals surface area contributed by atoms with E-state index in [9.17, 15) is 9.59 Å². The van der Waals surface area contributed by atoms with E-state index < -0.39 is 0 Å². The Hall–Kier alpha value is -1.96. The van der Waals surface area contributed by atoms with E-state index in [0.717, 1.165) is 12.8 Å². The molecule has 0 heterocycles. The largest absolute Gasteiger partial charge is 0.289 e. The van der Waals surface area contributed by atoms with Crippen molar-refractivity contribution >= 4 is 11.6 Å². The zero-order valence-corrected chi connectivity index (χ0v) is 11.3. The third kappa shape index (κ3) is 1.57. The minimum Gasteiger partial charge on any atom is -0.289 e. The van der Waals surface area contributed by atoms with Gasteiger partial charge in [0.25, 0.3) is 0 Å². The lowest BCUT2D eigenvalue weighted by molar-refractivity contribution is 0.0968. The van der Waals surface area contributed by atoms with E-state index >= 15 is 0 Å². The van der Waals surface area contributed by atoms with E-state index in [2.05, 4.69) is 12.2 Å². The minimum absolute atomic E-state index is 0.0236. The highest BCUT2D eigenvalue weighted by Gasteiger charge is 2.37. The number of carbonyl (C=O) groups excluding carboxylic acids is 2. The zero-order valence-electron chi connectivity index (χ0n) is 11.3. The fourth-order valence-corrected chi connectivity index (χ4v) is 3.78. The standard InChI is InChI=1S/C18H16O2/c19-17-13-7-3-4-8-14(13)18(20)16-10-12-6-2-1-5-11(12)9-15(16)17/h3-4,7-12H,1-2,5-6H2/t11-,12+. The summed E-state index contributed by atoms with van der Waals surface area (Å²) in [6.07, 6.45) is 8.90. The molecule has 100 valence electrons. The van der Waals surface area contributed by atoms with E-state index in [4.69, 9.17) is 0 Å². The molecule has 0 aliphatic heterocycles. The van der Waals surface area contributed by atoms with Crippen LogP contribution in [0.25, 0.3) is 0 Å². The first-order valence-electron chi connectivity index (χ1n) is 7.38.